The van der Waals surface area contributed by atoms with E-state index in [1.807, 2.05) is 6.08 Å². The van der Waals surface area contributed by atoms with Crippen molar-refractivity contribution >= 4 is 5.91 Å². The Morgan fingerprint density at radius 1 is 0.473 bits per heavy atom. The van der Waals surface area contributed by atoms with E-state index in [2.05, 4.69) is 165 Å². The summed E-state index contributed by atoms with van der Waals surface area (Å²) in [4.78, 5) is 13.0. The van der Waals surface area contributed by atoms with Crippen molar-refractivity contribution in [2.45, 2.75) is 230 Å². The Kier molecular flexibility index (Phi) is 47.9. The molecule has 6 N–H and O–H groups in total. The number of aliphatic hydroxyl groups excluding tert-OH is 5. The largest absolute Gasteiger partial charge is 0.394 e. The number of allylic oxidation sites excluding steroid dienone is 25. The van der Waals surface area contributed by atoms with Crippen LogP contribution in [0.15, 0.2) is 158 Å². The van der Waals surface area contributed by atoms with Crippen molar-refractivity contribution in [3.8, 4) is 0 Å². The van der Waals surface area contributed by atoms with Crippen LogP contribution in [-0.2, 0) is 14.3 Å². The smallest absolute Gasteiger partial charge is 0.220 e. The average Bonchev–Trinajstić information content (AvgIpc) is 3.40. The van der Waals surface area contributed by atoms with Gasteiger partial charge in [0.1, 0.15) is 24.4 Å². The molecule has 1 fully saturated rings. The standard InChI is InChI=1S/C65H103NO8/c1-3-5-7-9-11-13-15-17-18-19-20-21-22-23-24-25-26-27-28-29-30-31-32-33-34-35-36-37-38-39-40-41-42-43-45-47-49-51-53-55-61(69)66-58(57-73-65-64(72)63(71)62(70)60(56-67)74-65)59(68)54-52-50-48-46-44-16-14-12-10-8-6-4-2/h5,7,11,13,17-18,20-21,23-24,26-27,29-30,32-33,35-36,38-39,41-42,45,47,52,54,58-60,62-65,67-68,70-72H,3-4,6,8-10,12,14-16,19,22,25,28,31,34,37,40,43-44,46,48-51,53,55-57H2,1-2H3,(H,66,69)/b7-5-,13-11-,18-17-,21-20-,24-23-,27-26-,30-29-,33-32-,36-35-,39-38-,42-41-,47-45-,54-52+. The van der Waals surface area contributed by atoms with E-state index in [9.17, 15) is 30.3 Å². The van der Waals surface area contributed by atoms with Gasteiger partial charge in [-0.15, -0.1) is 0 Å². The Bertz CT molecular complexity index is 1710. The van der Waals surface area contributed by atoms with E-state index in [1.165, 1.54) is 51.4 Å². The van der Waals surface area contributed by atoms with E-state index in [4.69, 9.17) is 9.47 Å². The highest BCUT2D eigenvalue weighted by atomic mass is 16.7. The Hall–Kier alpha value is -4.19. The number of nitrogens with one attached hydrogen (secondary N) is 1. The minimum absolute atomic E-state index is 0.216. The maximum Gasteiger partial charge on any atom is 0.220 e. The molecule has 416 valence electrons. The molecular formula is C65H103NO8. The number of unbranched alkanes of at least 4 members (excludes halogenated alkanes) is 12. The fourth-order valence-corrected chi connectivity index (χ4v) is 7.84. The van der Waals surface area contributed by atoms with Crippen LogP contribution in [0.1, 0.15) is 187 Å². The second-order valence-electron chi connectivity index (χ2n) is 19.0. The van der Waals surface area contributed by atoms with E-state index in [1.54, 1.807) is 6.08 Å². The second kappa shape index (κ2) is 52.3. The lowest BCUT2D eigenvalue weighted by Crippen LogP contribution is -2.60. The van der Waals surface area contributed by atoms with Crippen LogP contribution in [-0.4, -0.2) is 87.5 Å². The Labute approximate surface area is 450 Å². The molecule has 7 atom stereocenters. The maximum absolute atomic E-state index is 13.0. The lowest BCUT2D eigenvalue weighted by molar-refractivity contribution is -0.302. The van der Waals surface area contributed by atoms with Gasteiger partial charge in [-0.05, 0) is 109 Å². The van der Waals surface area contributed by atoms with Crippen LogP contribution < -0.4 is 5.32 Å². The summed E-state index contributed by atoms with van der Waals surface area (Å²) in [7, 11) is 0. The molecule has 1 heterocycles. The summed E-state index contributed by atoms with van der Waals surface area (Å²) in [5, 5.41) is 54.3. The Morgan fingerprint density at radius 2 is 0.838 bits per heavy atom. The normalized spacial score (nSPS) is 20.2. The predicted molar refractivity (Wildman–Crippen MR) is 312 cm³/mol. The highest BCUT2D eigenvalue weighted by molar-refractivity contribution is 5.76. The third-order valence-corrected chi connectivity index (χ3v) is 12.4. The summed E-state index contributed by atoms with van der Waals surface area (Å²) in [6.07, 6.45) is 76.0. The molecule has 0 saturated carbocycles. The number of amides is 1. The van der Waals surface area contributed by atoms with Crippen LogP contribution in [0.3, 0.4) is 0 Å². The van der Waals surface area contributed by atoms with Gasteiger partial charge >= 0.3 is 0 Å². The van der Waals surface area contributed by atoms with Crippen LogP contribution in [0, 0.1) is 0 Å². The van der Waals surface area contributed by atoms with Crippen LogP contribution in [0.2, 0.25) is 0 Å². The number of ether oxygens (including phenoxy) is 2. The second-order valence-corrected chi connectivity index (χ2v) is 19.0. The quantitative estimate of drug-likeness (QED) is 0.0261. The van der Waals surface area contributed by atoms with E-state index < -0.39 is 49.5 Å². The zero-order valence-corrected chi connectivity index (χ0v) is 46.0. The summed E-state index contributed by atoms with van der Waals surface area (Å²) < 4.78 is 11.2. The molecule has 7 unspecified atom stereocenters. The maximum atomic E-state index is 13.0. The lowest BCUT2D eigenvalue weighted by atomic mass is 9.99. The van der Waals surface area contributed by atoms with Gasteiger partial charge in [0.15, 0.2) is 6.29 Å². The highest BCUT2D eigenvalue weighted by Gasteiger charge is 2.44. The molecule has 1 aliphatic rings. The minimum atomic E-state index is -1.58. The van der Waals surface area contributed by atoms with Crippen LogP contribution in [0.4, 0.5) is 0 Å². The third kappa shape index (κ3) is 41.1. The molecule has 0 aromatic carbocycles. The van der Waals surface area contributed by atoms with Gasteiger partial charge in [-0.1, -0.05) is 230 Å². The van der Waals surface area contributed by atoms with E-state index in [0.29, 0.717) is 6.42 Å². The number of aliphatic hydroxyl groups is 5. The number of rotatable bonds is 46. The van der Waals surface area contributed by atoms with Crippen molar-refractivity contribution < 1.29 is 39.8 Å². The summed E-state index contributed by atoms with van der Waals surface area (Å²) >= 11 is 0. The number of hydrogen-bond acceptors (Lipinski definition) is 8. The molecular weight excluding hydrogens is 923 g/mol. The monoisotopic (exact) mass is 1030 g/mol. The first-order valence-corrected chi connectivity index (χ1v) is 28.7. The van der Waals surface area contributed by atoms with Crippen molar-refractivity contribution in [1.82, 2.24) is 5.32 Å². The van der Waals surface area contributed by atoms with Gasteiger partial charge in [0.2, 0.25) is 5.91 Å². The van der Waals surface area contributed by atoms with Crippen molar-refractivity contribution in [3.05, 3.63) is 158 Å². The van der Waals surface area contributed by atoms with Gasteiger partial charge in [0.05, 0.1) is 25.4 Å². The molecule has 1 saturated heterocycles. The van der Waals surface area contributed by atoms with Crippen molar-refractivity contribution in [2.75, 3.05) is 13.2 Å². The van der Waals surface area contributed by atoms with E-state index in [0.717, 1.165) is 109 Å². The van der Waals surface area contributed by atoms with Crippen molar-refractivity contribution in [2.24, 2.45) is 0 Å². The Morgan fingerprint density at radius 3 is 1.24 bits per heavy atom. The van der Waals surface area contributed by atoms with Crippen molar-refractivity contribution in [1.29, 1.82) is 0 Å². The molecule has 1 rings (SSSR count). The molecule has 9 nitrogen and oxygen atoms in total. The average molecular weight is 1030 g/mol. The minimum Gasteiger partial charge on any atom is -0.394 e. The van der Waals surface area contributed by atoms with E-state index >= 15 is 0 Å². The molecule has 0 aromatic heterocycles. The first kappa shape index (κ1) is 67.8. The summed E-state index contributed by atoms with van der Waals surface area (Å²) in [5.74, 6) is -0.228. The van der Waals surface area contributed by atoms with Gasteiger partial charge in [-0.2, -0.15) is 0 Å². The summed E-state index contributed by atoms with van der Waals surface area (Å²) in [5.41, 5.74) is 0. The molecule has 0 radical (unpaired) electrons. The van der Waals surface area contributed by atoms with Gasteiger partial charge in [0.25, 0.3) is 0 Å². The first-order chi connectivity index (χ1) is 36.3. The zero-order chi connectivity index (χ0) is 53.6. The third-order valence-electron chi connectivity index (χ3n) is 12.4. The zero-order valence-electron chi connectivity index (χ0n) is 46.0. The number of hydrogen-bond donors (Lipinski definition) is 6. The van der Waals surface area contributed by atoms with E-state index in [-0.39, 0.29) is 18.9 Å². The van der Waals surface area contributed by atoms with Gasteiger partial charge in [-0.3, -0.25) is 4.79 Å². The summed E-state index contributed by atoms with van der Waals surface area (Å²) in [6, 6.07) is -0.839. The number of carbonyl (C=O) groups is 1. The van der Waals surface area contributed by atoms with Gasteiger partial charge < -0.3 is 40.3 Å². The number of carbonyl (C=O) groups excluding carboxylic acids is 1. The van der Waals surface area contributed by atoms with Crippen LogP contribution >= 0.6 is 0 Å². The fourth-order valence-electron chi connectivity index (χ4n) is 7.84. The topological polar surface area (TPSA) is 149 Å². The predicted octanol–water partition coefficient (Wildman–Crippen LogP) is 14.5. The van der Waals surface area contributed by atoms with Crippen LogP contribution in [0.5, 0.6) is 0 Å². The molecule has 0 aliphatic carbocycles. The van der Waals surface area contributed by atoms with Crippen LogP contribution in [0.25, 0.3) is 0 Å². The van der Waals surface area contributed by atoms with Gasteiger partial charge in [0, 0.05) is 6.42 Å². The van der Waals surface area contributed by atoms with Crippen molar-refractivity contribution in [3.63, 3.8) is 0 Å². The molecule has 0 bridgehead atoms. The SMILES string of the molecule is CC/C=C\C/C=C\C/C=C\C/C=C\C/C=C\C/C=C\C/C=C\C/C=C\C/C=C\C/C=C\C/C=C\C/C=C\CCCCC(=O)NC(COC1OC(CO)C(O)C(O)C1O)C(O)/C=C/CCCCCCCCCCCC. The Balaban J connectivity index is 2.22. The molecule has 74 heavy (non-hydrogen) atoms. The highest BCUT2D eigenvalue weighted by Crippen LogP contribution is 2.22. The lowest BCUT2D eigenvalue weighted by Gasteiger charge is -2.40. The summed E-state index contributed by atoms with van der Waals surface area (Å²) in [6.45, 7) is 3.60. The molecule has 9 heteroatoms. The first-order valence-electron chi connectivity index (χ1n) is 28.7. The fraction of sp³-hybridized carbons (Fsp3) is 0.585. The molecule has 0 aromatic rings. The molecule has 0 spiro atoms. The van der Waals surface area contributed by atoms with Gasteiger partial charge in [-0.25, -0.2) is 0 Å². The molecule has 1 amide bonds. The molecule has 1 aliphatic heterocycles.